The molecule has 0 aliphatic heterocycles. The van der Waals surface area contributed by atoms with Gasteiger partial charge in [0, 0.05) is 53.9 Å². The highest BCUT2D eigenvalue weighted by Crippen LogP contribution is 2.26. The van der Waals surface area contributed by atoms with Crippen LogP contribution in [0, 0.1) is 0 Å². The number of rotatable bonds is 9. The van der Waals surface area contributed by atoms with Crippen molar-refractivity contribution in [1.29, 1.82) is 0 Å². The number of carbonyl (C=O) groups excluding carboxylic acids is 3. The average molecular weight is 694 g/mol. The molecule has 1 saturated carbocycles. The Balaban J connectivity index is 1.48. The van der Waals surface area contributed by atoms with E-state index in [-0.39, 0.29) is 52.5 Å². The Kier molecular flexibility index (Phi) is 12.3. The van der Waals surface area contributed by atoms with Gasteiger partial charge >= 0.3 is 0 Å². The minimum Gasteiger partial charge on any atom is -0.347 e. The Bertz CT molecular complexity index is 1530. The third-order valence-electron chi connectivity index (χ3n) is 7.50. The largest absolute Gasteiger partial charge is 0.347 e. The molecular formula is C39H51N9O3. The van der Waals surface area contributed by atoms with E-state index in [1.807, 2.05) is 62.3 Å². The van der Waals surface area contributed by atoms with Gasteiger partial charge in [0.1, 0.15) is 0 Å². The van der Waals surface area contributed by atoms with Crippen LogP contribution in [-0.2, 0) is 0 Å². The summed E-state index contributed by atoms with van der Waals surface area (Å²) in [6, 6.07) is 10.3. The topological polar surface area (TPSA) is 163 Å². The summed E-state index contributed by atoms with van der Waals surface area (Å²) in [6.07, 6.45) is 12.0. The number of hydrogen-bond donors (Lipinski definition) is 3. The molecule has 0 unspecified atom stereocenters. The Morgan fingerprint density at radius 3 is 0.961 bits per heavy atom. The summed E-state index contributed by atoms with van der Waals surface area (Å²) in [5.74, 6) is -0.537. The Labute approximate surface area is 301 Å². The van der Waals surface area contributed by atoms with E-state index in [4.69, 9.17) is 15.0 Å². The summed E-state index contributed by atoms with van der Waals surface area (Å²) >= 11 is 0. The maximum absolute atomic E-state index is 12.5. The Hall–Kier alpha value is -5.13. The molecule has 3 heterocycles. The molecule has 270 valence electrons. The number of nitrogens with zero attached hydrogens (tertiary/aromatic N) is 6. The van der Waals surface area contributed by atoms with E-state index >= 15 is 0 Å². The highest BCUT2D eigenvalue weighted by molar-refractivity contribution is 5.96. The van der Waals surface area contributed by atoms with Crippen molar-refractivity contribution in [2.24, 2.45) is 15.0 Å². The molecule has 0 saturated heterocycles. The van der Waals surface area contributed by atoms with Crippen LogP contribution in [0.4, 0.5) is 0 Å². The predicted octanol–water partition coefficient (Wildman–Crippen LogP) is 5.40. The second kappa shape index (κ2) is 16.3. The lowest BCUT2D eigenvalue weighted by atomic mass is 9.88. The smallest absolute Gasteiger partial charge is 0.253 e. The standard InChI is InChI=1S/C39H51N9O3/c1-37(2,3)46-34(49)25-10-13-28(40-19-25)22-43-31-16-32(44-23-29-14-11-26(20-41-29)35(50)47-38(4,5)6)18-33(17-31)45-24-30-15-12-27(21-42-30)36(51)48-39(7,8)9/h10-15,19-24,31-33H,16-18H2,1-9H3,(H,46,49)(H,47,50)(H,48,51). The average Bonchev–Trinajstić information content (AvgIpc) is 3.04. The molecule has 1 aliphatic rings. The molecule has 3 aromatic heterocycles. The van der Waals surface area contributed by atoms with Gasteiger partial charge in [0.15, 0.2) is 0 Å². The number of nitrogens with one attached hydrogen (secondary N) is 3. The van der Waals surface area contributed by atoms with Crippen LogP contribution in [0.3, 0.4) is 0 Å². The third-order valence-corrected chi connectivity index (χ3v) is 7.50. The van der Waals surface area contributed by atoms with Crippen molar-refractivity contribution in [3.05, 3.63) is 88.8 Å². The van der Waals surface area contributed by atoms with Gasteiger partial charge in [-0.3, -0.25) is 44.3 Å². The minimum absolute atomic E-state index is 0.0819. The molecule has 12 heteroatoms. The van der Waals surface area contributed by atoms with Crippen LogP contribution in [0.5, 0.6) is 0 Å². The normalized spacial score (nSPS) is 18.6. The van der Waals surface area contributed by atoms with Gasteiger partial charge in [-0.2, -0.15) is 0 Å². The van der Waals surface area contributed by atoms with Crippen molar-refractivity contribution in [1.82, 2.24) is 30.9 Å². The summed E-state index contributed by atoms with van der Waals surface area (Å²) in [5.41, 5.74) is 2.35. The molecule has 3 amide bonds. The maximum atomic E-state index is 12.5. The van der Waals surface area contributed by atoms with Crippen LogP contribution in [0.2, 0.25) is 0 Å². The maximum Gasteiger partial charge on any atom is 0.253 e. The second-order valence-electron chi connectivity index (χ2n) is 16.0. The zero-order valence-corrected chi connectivity index (χ0v) is 31.2. The van der Waals surface area contributed by atoms with Crippen molar-refractivity contribution in [2.45, 2.75) is 116 Å². The van der Waals surface area contributed by atoms with Gasteiger partial charge in [-0.25, -0.2) is 0 Å². The molecule has 0 aromatic carbocycles. The van der Waals surface area contributed by atoms with Crippen LogP contribution in [0.25, 0.3) is 0 Å². The molecule has 51 heavy (non-hydrogen) atoms. The minimum atomic E-state index is -0.347. The van der Waals surface area contributed by atoms with Gasteiger partial charge < -0.3 is 16.0 Å². The van der Waals surface area contributed by atoms with Gasteiger partial charge in [-0.15, -0.1) is 0 Å². The first-order valence-electron chi connectivity index (χ1n) is 17.3. The number of amides is 3. The van der Waals surface area contributed by atoms with Crippen molar-refractivity contribution < 1.29 is 14.4 Å². The Morgan fingerprint density at radius 1 is 0.510 bits per heavy atom. The van der Waals surface area contributed by atoms with E-state index in [2.05, 4.69) is 30.9 Å². The van der Waals surface area contributed by atoms with Crippen LogP contribution >= 0.6 is 0 Å². The summed E-state index contributed by atoms with van der Waals surface area (Å²) in [6.45, 7) is 17.4. The number of carbonyl (C=O) groups is 3. The van der Waals surface area contributed by atoms with E-state index in [0.29, 0.717) is 53.0 Å². The SMILES string of the molecule is CC(C)(C)NC(=O)c1ccc(C=NC2CC(N=Cc3ccc(C(=O)NC(C)(C)C)cn3)CC(N=Cc3ccc(C(=O)NC(C)(C)C)cn3)C2)nc1. The van der Waals surface area contributed by atoms with E-state index in [0.717, 1.165) is 0 Å². The monoisotopic (exact) mass is 693 g/mol. The fraction of sp³-hybridized carbons (Fsp3) is 0.462. The van der Waals surface area contributed by atoms with Gasteiger partial charge in [0.25, 0.3) is 17.7 Å². The first-order chi connectivity index (χ1) is 23.8. The molecule has 12 nitrogen and oxygen atoms in total. The molecule has 0 radical (unpaired) electrons. The van der Waals surface area contributed by atoms with Crippen LogP contribution < -0.4 is 16.0 Å². The molecule has 1 fully saturated rings. The number of hydrogen-bond acceptors (Lipinski definition) is 9. The first-order valence-corrected chi connectivity index (χ1v) is 17.3. The fourth-order valence-electron chi connectivity index (χ4n) is 5.23. The lowest BCUT2D eigenvalue weighted by Gasteiger charge is -2.29. The molecule has 0 bridgehead atoms. The van der Waals surface area contributed by atoms with Crippen molar-refractivity contribution in [3.8, 4) is 0 Å². The van der Waals surface area contributed by atoms with E-state index in [9.17, 15) is 14.4 Å². The number of pyridine rings is 3. The van der Waals surface area contributed by atoms with Gasteiger partial charge in [0.05, 0.1) is 51.9 Å². The fourth-order valence-corrected chi connectivity index (χ4v) is 5.23. The van der Waals surface area contributed by atoms with Crippen molar-refractivity contribution in [2.75, 3.05) is 0 Å². The molecule has 4 rings (SSSR count). The quantitative estimate of drug-likeness (QED) is 0.254. The van der Waals surface area contributed by atoms with Gasteiger partial charge in [-0.05, 0) is 118 Å². The second-order valence-corrected chi connectivity index (χ2v) is 16.0. The van der Waals surface area contributed by atoms with Crippen molar-refractivity contribution in [3.63, 3.8) is 0 Å². The Morgan fingerprint density at radius 2 is 0.765 bits per heavy atom. The lowest BCUT2D eigenvalue weighted by molar-refractivity contribution is 0.0909. The first kappa shape index (κ1) is 38.7. The van der Waals surface area contributed by atoms with Crippen LogP contribution in [0.15, 0.2) is 70.0 Å². The summed E-state index contributed by atoms with van der Waals surface area (Å²) in [4.78, 5) is 65.4. The number of aromatic nitrogens is 3. The highest BCUT2D eigenvalue weighted by atomic mass is 16.2. The molecule has 3 aromatic rings. The van der Waals surface area contributed by atoms with E-state index in [1.54, 1.807) is 73.6 Å². The summed E-state index contributed by atoms with van der Waals surface area (Å²) in [7, 11) is 0. The van der Waals surface area contributed by atoms with Crippen LogP contribution in [-0.4, -0.2) is 86.1 Å². The van der Waals surface area contributed by atoms with E-state index in [1.165, 1.54) is 0 Å². The molecular weight excluding hydrogens is 642 g/mol. The zero-order chi connectivity index (χ0) is 37.4. The molecule has 1 aliphatic carbocycles. The molecule has 3 N–H and O–H groups in total. The zero-order valence-electron chi connectivity index (χ0n) is 31.2. The third kappa shape index (κ3) is 13.3. The summed E-state index contributed by atoms with van der Waals surface area (Å²) in [5, 5.41) is 8.83. The van der Waals surface area contributed by atoms with Gasteiger partial charge in [0.2, 0.25) is 0 Å². The van der Waals surface area contributed by atoms with Crippen LogP contribution in [0.1, 0.15) is 130 Å². The molecule has 0 atom stereocenters. The lowest BCUT2D eigenvalue weighted by Crippen LogP contribution is -2.40. The number of aliphatic imine (C=N–C) groups is 3. The molecule has 0 spiro atoms. The predicted molar refractivity (Wildman–Crippen MR) is 202 cm³/mol. The van der Waals surface area contributed by atoms with Gasteiger partial charge in [-0.1, -0.05) is 0 Å². The van der Waals surface area contributed by atoms with E-state index < -0.39 is 0 Å². The highest BCUT2D eigenvalue weighted by Gasteiger charge is 2.28. The van der Waals surface area contributed by atoms with Crippen molar-refractivity contribution >= 4 is 36.4 Å². The summed E-state index contributed by atoms with van der Waals surface area (Å²) < 4.78 is 0.